The van der Waals surface area contributed by atoms with Crippen molar-refractivity contribution in [2.45, 2.75) is 46.2 Å². The number of benzene rings is 1. The van der Waals surface area contributed by atoms with Gasteiger partial charge in [-0.1, -0.05) is 18.2 Å². The third kappa shape index (κ3) is 4.29. The van der Waals surface area contributed by atoms with Crippen molar-refractivity contribution >= 4 is 17.1 Å². The third-order valence-corrected chi connectivity index (χ3v) is 5.73. The summed E-state index contributed by atoms with van der Waals surface area (Å²) in [6.07, 6.45) is 4.50. The average Bonchev–Trinajstić information content (AvgIpc) is 3.29. The smallest absolute Gasteiger partial charge is 0.216 e. The van der Waals surface area contributed by atoms with Gasteiger partial charge in [-0.15, -0.1) is 0 Å². The van der Waals surface area contributed by atoms with Crippen LogP contribution < -0.4 is 5.32 Å². The predicted molar refractivity (Wildman–Crippen MR) is 113 cm³/mol. The molecule has 1 atom stereocenters. The number of nitrogens with zero attached hydrogens (tertiary/aromatic N) is 5. The van der Waals surface area contributed by atoms with Gasteiger partial charge in [-0.25, -0.2) is 14.6 Å². The maximum atomic E-state index is 11.2. The quantitative estimate of drug-likeness (QED) is 0.698. The second-order valence-electron chi connectivity index (χ2n) is 7.96. The first-order valence-electron chi connectivity index (χ1n) is 10.2. The summed E-state index contributed by atoms with van der Waals surface area (Å²) in [6.45, 7) is 9.96. The molecule has 0 unspecified atom stereocenters. The van der Waals surface area contributed by atoms with E-state index in [1.54, 1.807) is 12.4 Å². The van der Waals surface area contributed by atoms with E-state index < -0.39 is 0 Å². The van der Waals surface area contributed by atoms with Crippen LogP contribution in [0.2, 0.25) is 0 Å². The molecule has 7 heteroatoms. The number of nitrogens with one attached hydrogen (secondary N) is 1. The Labute approximate surface area is 171 Å². The maximum Gasteiger partial charge on any atom is 0.216 e. The minimum atomic E-state index is -0.0365. The topological polar surface area (TPSA) is 75.9 Å². The van der Waals surface area contributed by atoms with Crippen LogP contribution in [0.25, 0.3) is 11.2 Å². The number of aromatic nitrogens is 4. The van der Waals surface area contributed by atoms with Gasteiger partial charge in [0.15, 0.2) is 5.65 Å². The van der Waals surface area contributed by atoms with Gasteiger partial charge in [0.25, 0.3) is 0 Å². The molecule has 7 nitrogen and oxygen atoms in total. The summed E-state index contributed by atoms with van der Waals surface area (Å²) in [5, 5.41) is 7.67. The minimum Gasteiger partial charge on any atom is -0.354 e. The van der Waals surface area contributed by atoms with E-state index in [1.807, 2.05) is 4.68 Å². The fraction of sp³-hybridized carbons (Fsp3) is 0.455. The summed E-state index contributed by atoms with van der Waals surface area (Å²) in [5.41, 5.74) is 6.74. The highest BCUT2D eigenvalue weighted by atomic mass is 16.1. The number of likely N-dealkylation sites (tertiary alicyclic amines) is 1. The molecule has 3 aromatic rings. The average molecular weight is 393 g/mol. The van der Waals surface area contributed by atoms with Crippen LogP contribution in [0.15, 0.2) is 30.6 Å². The molecule has 4 rings (SSSR count). The summed E-state index contributed by atoms with van der Waals surface area (Å²) in [6, 6.07) is 6.73. The highest BCUT2D eigenvalue weighted by Crippen LogP contribution is 2.31. The lowest BCUT2D eigenvalue weighted by molar-refractivity contribution is -0.118. The van der Waals surface area contributed by atoms with Gasteiger partial charge in [-0.2, -0.15) is 5.10 Å². The van der Waals surface area contributed by atoms with Crippen LogP contribution in [0.3, 0.4) is 0 Å². The maximum absolute atomic E-state index is 11.2. The van der Waals surface area contributed by atoms with Crippen molar-refractivity contribution in [3.63, 3.8) is 0 Å². The van der Waals surface area contributed by atoms with Crippen molar-refractivity contribution in [1.29, 1.82) is 0 Å². The van der Waals surface area contributed by atoms with Crippen molar-refractivity contribution in [1.82, 2.24) is 30.0 Å². The molecular formula is C22H28N6O. The van der Waals surface area contributed by atoms with E-state index in [4.69, 9.17) is 5.10 Å². The number of fused-ring (bicyclic) bond motifs is 1. The van der Waals surface area contributed by atoms with Crippen LogP contribution in [-0.4, -0.2) is 50.2 Å². The molecule has 2 aromatic heterocycles. The lowest BCUT2D eigenvalue weighted by Gasteiger charge is -2.16. The van der Waals surface area contributed by atoms with Crippen LogP contribution in [0.4, 0.5) is 0 Å². The van der Waals surface area contributed by atoms with E-state index in [9.17, 15) is 4.79 Å². The van der Waals surface area contributed by atoms with E-state index >= 15 is 0 Å². The molecule has 1 N–H and O–H groups in total. The number of hydrogen-bond acceptors (Lipinski definition) is 5. The molecule has 1 aromatic carbocycles. The Hall–Kier alpha value is -2.80. The Bertz CT molecular complexity index is 1030. The van der Waals surface area contributed by atoms with Gasteiger partial charge in [0.1, 0.15) is 5.52 Å². The third-order valence-electron chi connectivity index (χ3n) is 5.73. The number of hydrogen-bond donors (Lipinski definition) is 1. The number of carbonyl (C=O) groups excluding carboxylic acids is 1. The van der Waals surface area contributed by atoms with Gasteiger partial charge in [0, 0.05) is 44.9 Å². The lowest BCUT2D eigenvalue weighted by atomic mass is 10.0. The molecule has 0 saturated carbocycles. The zero-order chi connectivity index (χ0) is 20.4. The SMILES string of the molecule is CC(=O)NCCn1nc([C@H]2CCN(Cc3ccc(C)c(C)c3)C2)c2nccnc21. The van der Waals surface area contributed by atoms with Gasteiger partial charge >= 0.3 is 0 Å². The summed E-state index contributed by atoms with van der Waals surface area (Å²) in [7, 11) is 0. The Balaban J connectivity index is 1.49. The van der Waals surface area contributed by atoms with Gasteiger partial charge in [-0.05, 0) is 43.5 Å². The molecule has 1 aliphatic heterocycles. The molecule has 1 fully saturated rings. The summed E-state index contributed by atoms with van der Waals surface area (Å²) >= 11 is 0. The van der Waals surface area contributed by atoms with E-state index in [0.29, 0.717) is 19.0 Å². The lowest BCUT2D eigenvalue weighted by Crippen LogP contribution is -2.25. The van der Waals surface area contributed by atoms with Crippen LogP contribution >= 0.6 is 0 Å². The molecule has 0 spiro atoms. The molecule has 1 amide bonds. The first-order valence-corrected chi connectivity index (χ1v) is 10.2. The summed E-state index contributed by atoms with van der Waals surface area (Å²) in [4.78, 5) is 22.7. The van der Waals surface area contributed by atoms with Crippen LogP contribution in [0.1, 0.15) is 41.6 Å². The van der Waals surface area contributed by atoms with Gasteiger partial charge in [0.05, 0.1) is 12.2 Å². The van der Waals surface area contributed by atoms with Crippen molar-refractivity contribution in [2.75, 3.05) is 19.6 Å². The first-order chi connectivity index (χ1) is 14.0. The van der Waals surface area contributed by atoms with E-state index in [0.717, 1.165) is 42.9 Å². The zero-order valence-corrected chi connectivity index (χ0v) is 17.4. The monoisotopic (exact) mass is 392 g/mol. The molecule has 152 valence electrons. The van der Waals surface area contributed by atoms with Crippen LogP contribution in [0, 0.1) is 13.8 Å². The Morgan fingerprint density at radius 2 is 2.03 bits per heavy atom. The zero-order valence-electron chi connectivity index (χ0n) is 17.4. The van der Waals surface area contributed by atoms with E-state index in [2.05, 4.69) is 52.2 Å². The number of carbonyl (C=O) groups is 1. The largest absolute Gasteiger partial charge is 0.354 e. The fourth-order valence-corrected chi connectivity index (χ4v) is 4.05. The van der Waals surface area contributed by atoms with Gasteiger partial charge in [0.2, 0.25) is 5.91 Å². The number of amides is 1. The van der Waals surface area contributed by atoms with Crippen molar-refractivity contribution < 1.29 is 4.79 Å². The van der Waals surface area contributed by atoms with E-state index in [-0.39, 0.29) is 5.91 Å². The van der Waals surface area contributed by atoms with Crippen molar-refractivity contribution in [2.24, 2.45) is 0 Å². The normalized spacial score (nSPS) is 17.1. The van der Waals surface area contributed by atoms with Gasteiger partial charge < -0.3 is 5.32 Å². The fourth-order valence-electron chi connectivity index (χ4n) is 4.05. The Morgan fingerprint density at radius 3 is 2.83 bits per heavy atom. The highest BCUT2D eigenvalue weighted by Gasteiger charge is 2.29. The predicted octanol–water partition coefficient (Wildman–Crippen LogP) is 2.57. The standard InChI is InChI=1S/C22H28N6O/c1-15-4-5-18(12-16(15)2)13-27-10-6-19(14-27)20-21-22(25-8-7-24-21)28(26-20)11-9-23-17(3)29/h4-5,7-8,12,19H,6,9-11,13-14H2,1-3H3,(H,23,29)/t19-/m0/s1. The van der Waals surface area contributed by atoms with Gasteiger partial charge in [-0.3, -0.25) is 9.69 Å². The second kappa shape index (κ2) is 8.29. The minimum absolute atomic E-state index is 0.0365. The van der Waals surface area contributed by atoms with E-state index in [1.165, 1.54) is 23.6 Å². The Morgan fingerprint density at radius 1 is 1.21 bits per heavy atom. The molecule has 0 aliphatic carbocycles. The summed E-state index contributed by atoms with van der Waals surface area (Å²) in [5.74, 6) is 0.313. The van der Waals surface area contributed by atoms with Crippen LogP contribution in [0.5, 0.6) is 0 Å². The second-order valence-corrected chi connectivity index (χ2v) is 7.96. The molecule has 0 bridgehead atoms. The molecule has 1 aliphatic rings. The number of aryl methyl sites for hydroxylation is 2. The Kier molecular flexibility index (Phi) is 5.58. The summed E-state index contributed by atoms with van der Waals surface area (Å²) < 4.78 is 1.87. The molecular weight excluding hydrogens is 364 g/mol. The van der Waals surface area contributed by atoms with Crippen molar-refractivity contribution in [3.05, 3.63) is 53.0 Å². The van der Waals surface area contributed by atoms with Crippen LogP contribution in [-0.2, 0) is 17.9 Å². The molecule has 29 heavy (non-hydrogen) atoms. The highest BCUT2D eigenvalue weighted by molar-refractivity contribution is 5.74. The molecule has 1 saturated heterocycles. The molecule has 0 radical (unpaired) electrons. The van der Waals surface area contributed by atoms with Crippen molar-refractivity contribution in [3.8, 4) is 0 Å². The molecule has 3 heterocycles. The first kappa shape index (κ1) is 19.5. The number of rotatable bonds is 6.